The van der Waals surface area contributed by atoms with Crippen LogP contribution < -0.4 is 5.53 Å². The summed E-state index contributed by atoms with van der Waals surface area (Å²) < 4.78 is 0. The van der Waals surface area contributed by atoms with Gasteiger partial charge in [-0.3, -0.25) is 0 Å². The molecule has 0 spiro atoms. The summed E-state index contributed by atoms with van der Waals surface area (Å²) in [7, 11) is 0. The van der Waals surface area contributed by atoms with Gasteiger partial charge >= 0.3 is 0 Å². The van der Waals surface area contributed by atoms with Gasteiger partial charge in [-0.1, -0.05) is 0 Å². The Morgan fingerprint density at radius 1 is 1.12 bits per heavy atom. The van der Waals surface area contributed by atoms with Crippen molar-refractivity contribution in [1.82, 2.24) is 5.53 Å². The zero-order valence-electron chi connectivity index (χ0n) is 3.34. The molecule has 1 N–H and O–H groups in total. The van der Waals surface area contributed by atoms with Crippen LogP contribution in [-0.2, 0) is 21.1 Å². The summed E-state index contributed by atoms with van der Waals surface area (Å²) in [6, 6.07) is 0. The molecule has 0 fully saturated rings. The van der Waals surface area contributed by atoms with Crippen molar-refractivity contribution in [3.63, 3.8) is 0 Å². The van der Waals surface area contributed by atoms with Gasteiger partial charge in [-0.15, -0.1) is 0 Å². The Bertz CT molecular complexity index is 87.5. The van der Waals surface area contributed by atoms with E-state index in [0.29, 0.717) is 0 Å². The maximum absolute atomic E-state index is 9.06. The van der Waals surface area contributed by atoms with Crippen LogP contribution >= 0.6 is 0 Å². The summed E-state index contributed by atoms with van der Waals surface area (Å²) >= 11 is 0. The predicted molar refractivity (Wildman–Crippen MR) is 17.1 cm³/mol. The number of hydrazine groups is 2. The van der Waals surface area contributed by atoms with Crippen LogP contribution in [0.1, 0.15) is 0 Å². The molecule has 0 heterocycles. The van der Waals surface area contributed by atoms with Gasteiger partial charge in [-0.05, 0) is 0 Å². The molecule has 0 saturated carbocycles. The minimum atomic E-state index is -1.25. The molecule has 0 aliphatic carbocycles. The van der Waals surface area contributed by atoms with Crippen LogP contribution in [0.5, 0.6) is 0 Å². The molecule has 0 bridgehead atoms. The van der Waals surface area contributed by atoms with Crippen LogP contribution in [0, 0.1) is 20.2 Å². The number of hydrogen-bond acceptors (Lipinski definition) is 4. The van der Waals surface area contributed by atoms with Crippen molar-refractivity contribution in [1.29, 1.82) is 0 Å². The van der Waals surface area contributed by atoms with Crippen molar-refractivity contribution >= 4 is 0 Å². The molecule has 50 valence electrons. The third-order valence-corrected chi connectivity index (χ3v) is 0.163. The zero-order valence-corrected chi connectivity index (χ0v) is 5.62. The second-order valence-electron chi connectivity index (χ2n) is 0.614. The Hall–Kier alpha value is -0.712. The molecule has 0 radical (unpaired) electrons. The molecule has 0 aromatic heterocycles. The molecule has 0 rings (SSSR count). The molecule has 0 aromatic carbocycles. The van der Waals surface area contributed by atoms with Crippen LogP contribution in [0.3, 0.4) is 0 Å². The summed E-state index contributed by atoms with van der Waals surface area (Å²) in [5, 5.41) is 15.6. The Labute approximate surface area is 57.6 Å². The Balaban J connectivity index is 0. The molecular weight excluding hydrogens is 301 g/mol. The van der Waals surface area contributed by atoms with Gasteiger partial charge in [-0.2, -0.15) is 0 Å². The fourth-order valence-corrected chi connectivity index (χ4v) is 0.0667. The van der Waals surface area contributed by atoms with Gasteiger partial charge in [-0.25, -0.2) is 20.2 Å². The summed E-state index contributed by atoms with van der Waals surface area (Å²) in [5.74, 6) is 0. The molecule has 0 unspecified atom stereocenters. The molecular formula is HN3O4Pt. The zero-order chi connectivity index (χ0) is 5.86. The largest absolute Gasteiger partial charge is 0.230 e. The van der Waals surface area contributed by atoms with E-state index in [1.165, 1.54) is 0 Å². The molecule has 7 nitrogen and oxygen atoms in total. The van der Waals surface area contributed by atoms with Crippen LogP contribution in [0.2, 0.25) is 0 Å². The summed E-state index contributed by atoms with van der Waals surface area (Å²) in [6.45, 7) is 0. The average Bonchev–Trinajstić information content (AvgIpc) is 1.27. The molecule has 0 aliphatic rings. The van der Waals surface area contributed by atoms with Crippen LogP contribution in [0.4, 0.5) is 0 Å². The van der Waals surface area contributed by atoms with E-state index in [1.54, 1.807) is 0 Å². The fourth-order valence-electron chi connectivity index (χ4n) is 0.0667. The average molecular weight is 302 g/mol. The molecule has 8 heteroatoms. The minimum absolute atomic E-state index is 0. The molecule has 0 amide bonds. The van der Waals surface area contributed by atoms with Gasteiger partial charge in [0, 0.05) is 21.1 Å². The third-order valence-electron chi connectivity index (χ3n) is 0.163. The number of nitrogens with one attached hydrogen (secondary N) is 1. The number of nitro groups is 2. The summed E-state index contributed by atoms with van der Waals surface area (Å²) in [5.41, 5.74) is 0.750. The van der Waals surface area contributed by atoms with Gasteiger partial charge in [0.2, 0.25) is 10.1 Å². The van der Waals surface area contributed by atoms with Crippen LogP contribution in [-0.4, -0.2) is 10.1 Å². The van der Waals surface area contributed by atoms with Crippen molar-refractivity contribution in [3.8, 4) is 0 Å². The normalized spacial score (nSPS) is 6.50. The van der Waals surface area contributed by atoms with Gasteiger partial charge in [0.15, 0.2) is 5.53 Å². The summed E-state index contributed by atoms with van der Waals surface area (Å²) in [4.78, 5) is 18.1. The van der Waals surface area contributed by atoms with E-state index in [2.05, 4.69) is 0 Å². The Morgan fingerprint density at radius 2 is 1.38 bits per heavy atom. The van der Waals surface area contributed by atoms with Crippen molar-refractivity contribution in [2.45, 2.75) is 0 Å². The third kappa shape index (κ3) is 8.99. The first-order valence-corrected chi connectivity index (χ1v) is 1.18. The van der Waals surface area contributed by atoms with Crippen molar-refractivity contribution in [2.75, 3.05) is 0 Å². The van der Waals surface area contributed by atoms with Crippen LogP contribution in [0.15, 0.2) is 0 Å². The van der Waals surface area contributed by atoms with E-state index < -0.39 is 10.1 Å². The van der Waals surface area contributed by atoms with Crippen molar-refractivity contribution < 1.29 is 31.1 Å². The van der Waals surface area contributed by atoms with Gasteiger partial charge in [0.1, 0.15) is 0 Å². The van der Waals surface area contributed by atoms with E-state index in [9.17, 15) is 0 Å². The number of hydrogen-bond donors (Lipinski definition) is 1. The Morgan fingerprint density at radius 3 is 1.38 bits per heavy atom. The van der Waals surface area contributed by atoms with E-state index >= 15 is 0 Å². The summed E-state index contributed by atoms with van der Waals surface area (Å²) in [6.07, 6.45) is 0. The second-order valence-corrected chi connectivity index (χ2v) is 0.614. The number of nitrogens with zero attached hydrogens (tertiary/aromatic N) is 2. The monoisotopic (exact) mass is 302 g/mol. The van der Waals surface area contributed by atoms with Crippen molar-refractivity contribution in [2.24, 2.45) is 0 Å². The SMILES string of the molecule is O=[N+]([O-])N[N+](=O)[O-].[Pt]. The first-order valence-electron chi connectivity index (χ1n) is 1.18. The van der Waals surface area contributed by atoms with Gasteiger partial charge in [0.25, 0.3) is 0 Å². The predicted octanol–water partition coefficient (Wildman–Crippen LogP) is -1.04. The first kappa shape index (κ1) is 10.3. The Kier molecular flexibility index (Phi) is 5.73. The van der Waals surface area contributed by atoms with Crippen LogP contribution in [0.25, 0.3) is 0 Å². The van der Waals surface area contributed by atoms with E-state index in [0.717, 1.165) is 5.53 Å². The maximum Gasteiger partial charge on any atom is 0.220 e. The first-order chi connectivity index (χ1) is 3.13. The maximum atomic E-state index is 9.06. The van der Waals surface area contributed by atoms with E-state index in [1.807, 2.05) is 0 Å². The quantitative estimate of drug-likeness (QED) is 0.519. The van der Waals surface area contributed by atoms with Crippen molar-refractivity contribution in [3.05, 3.63) is 20.2 Å². The molecule has 0 aromatic rings. The fraction of sp³-hybridized carbons (Fsp3) is 0. The smallest absolute Gasteiger partial charge is 0.220 e. The molecule has 0 saturated heterocycles. The topological polar surface area (TPSA) is 98.3 Å². The van der Waals surface area contributed by atoms with E-state index in [4.69, 9.17) is 20.2 Å². The molecule has 0 atom stereocenters. The molecule has 0 aliphatic heterocycles. The minimum Gasteiger partial charge on any atom is -0.230 e. The van der Waals surface area contributed by atoms with E-state index in [-0.39, 0.29) is 21.1 Å². The number of rotatable bonds is 2. The standard InChI is InChI=1S/HN3O4.Pt/c4-2(5)1-3(6)7;/h1H;. The molecule has 8 heavy (non-hydrogen) atoms. The second kappa shape index (κ2) is 4.45. The van der Waals surface area contributed by atoms with Gasteiger partial charge in [0.05, 0.1) is 0 Å². The van der Waals surface area contributed by atoms with Gasteiger partial charge < -0.3 is 0 Å².